The number of carbonyl (C=O) groups excluding carboxylic acids is 2. The number of amides is 1. The number of hydrogen-bond acceptors (Lipinski definition) is 6. The van der Waals surface area contributed by atoms with Crippen molar-refractivity contribution in [1.82, 2.24) is 0 Å². The molecule has 7 nitrogen and oxygen atoms in total. The third kappa shape index (κ3) is 3.67. The number of aliphatic hydroxyl groups is 1. The standard InChI is InChI=1S/C31H23NO6/c1-2-37-25-17-20(14-15-23(25)33)28-27(29(34)26-16-19-9-4-6-13-24(19)38-26)30(35)31(36)32(28)22-12-7-10-18-8-3-5-11-21(18)22/h3-17,28,33,35H,2H2,1H3. The molecule has 0 bridgehead atoms. The topological polar surface area (TPSA) is 100 Å². The Morgan fingerprint density at radius 3 is 2.45 bits per heavy atom. The number of nitrogens with zero attached hydrogens (tertiary/aromatic N) is 1. The fraction of sp³-hybridized carbons (Fsp3) is 0.0968. The summed E-state index contributed by atoms with van der Waals surface area (Å²) in [6, 6.07) is 25.5. The molecule has 0 saturated heterocycles. The van der Waals surface area contributed by atoms with Gasteiger partial charge in [0, 0.05) is 10.8 Å². The van der Waals surface area contributed by atoms with E-state index in [1.807, 2.05) is 48.5 Å². The zero-order valence-electron chi connectivity index (χ0n) is 20.4. The molecule has 0 saturated carbocycles. The van der Waals surface area contributed by atoms with Gasteiger partial charge in [-0.15, -0.1) is 0 Å². The lowest BCUT2D eigenvalue weighted by atomic mass is 9.94. The molecular weight excluding hydrogens is 482 g/mol. The zero-order chi connectivity index (χ0) is 26.4. The number of benzene rings is 4. The highest BCUT2D eigenvalue weighted by atomic mass is 16.5. The fourth-order valence-corrected chi connectivity index (χ4v) is 5.02. The Labute approximate surface area is 217 Å². The summed E-state index contributed by atoms with van der Waals surface area (Å²) in [5.74, 6) is -1.83. The number of hydrogen-bond donors (Lipinski definition) is 2. The third-order valence-corrected chi connectivity index (χ3v) is 6.73. The van der Waals surface area contributed by atoms with E-state index < -0.39 is 23.5 Å². The fourth-order valence-electron chi connectivity index (χ4n) is 5.02. The van der Waals surface area contributed by atoms with E-state index in [2.05, 4.69) is 0 Å². The first-order valence-electron chi connectivity index (χ1n) is 12.2. The molecule has 2 N–H and O–H groups in total. The second-order valence-corrected chi connectivity index (χ2v) is 8.98. The minimum Gasteiger partial charge on any atom is -0.504 e. The van der Waals surface area contributed by atoms with E-state index in [4.69, 9.17) is 9.15 Å². The molecule has 1 aliphatic rings. The van der Waals surface area contributed by atoms with Crippen LogP contribution in [0.15, 0.2) is 107 Å². The molecule has 0 fully saturated rings. The van der Waals surface area contributed by atoms with E-state index in [0.29, 0.717) is 23.4 Å². The van der Waals surface area contributed by atoms with Crippen LogP contribution in [0.3, 0.4) is 0 Å². The lowest BCUT2D eigenvalue weighted by Crippen LogP contribution is -2.31. The number of phenols is 1. The van der Waals surface area contributed by atoms with Gasteiger partial charge in [0.2, 0.25) is 5.78 Å². The van der Waals surface area contributed by atoms with Crippen molar-refractivity contribution >= 4 is 39.1 Å². The Bertz CT molecular complexity index is 1730. The average Bonchev–Trinajstić information content (AvgIpc) is 3.48. The zero-order valence-corrected chi connectivity index (χ0v) is 20.4. The van der Waals surface area contributed by atoms with Gasteiger partial charge in [-0.25, -0.2) is 0 Å². The number of furan rings is 1. The molecule has 38 heavy (non-hydrogen) atoms. The summed E-state index contributed by atoms with van der Waals surface area (Å²) in [6.45, 7) is 2.09. The van der Waals surface area contributed by atoms with Crippen molar-refractivity contribution in [3.8, 4) is 11.5 Å². The van der Waals surface area contributed by atoms with Crippen LogP contribution in [-0.2, 0) is 4.79 Å². The Morgan fingerprint density at radius 2 is 1.66 bits per heavy atom. The van der Waals surface area contributed by atoms with Crippen molar-refractivity contribution in [2.75, 3.05) is 11.5 Å². The maximum absolute atomic E-state index is 13.9. The molecular formula is C31H23NO6. The molecule has 1 aliphatic heterocycles. The predicted molar refractivity (Wildman–Crippen MR) is 144 cm³/mol. The summed E-state index contributed by atoms with van der Waals surface area (Å²) in [5.41, 5.74) is 1.42. The Balaban J connectivity index is 1.56. The molecule has 7 heteroatoms. The second kappa shape index (κ2) is 9.12. The molecule has 4 aromatic carbocycles. The van der Waals surface area contributed by atoms with Gasteiger partial charge in [0.05, 0.1) is 23.9 Å². The van der Waals surface area contributed by atoms with E-state index in [-0.39, 0.29) is 22.8 Å². The number of carbonyl (C=O) groups is 2. The molecule has 0 radical (unpaired) electrons. The number of aromatic hydroxyl groups is 1. The van der Waals surface area contributed by atoms with Gasteiger partial charge in [-0.2, -0.15) is 0 Å². The molecule has 0 spiro atoms. The van der Waals surface area contributed by atoms with E-state index in [1.165, 1.54) is 11.0 Å². The summed E-state index contributed by atoms with van der Waals surface area (Å²) < 4.78 is 11.4. The number of anilines is 1. The van der Waals surface area contributed by atoms with Gasteiger partial charge in [-0.1, -0.05) is 60.7 Å². The molecule has 188 valence electrons. The molecule has 2 heterocycles. The first-order valence-corrected chi connectivity index (χ1v) is 12.2. The number of ether oxygens (including phenoxy) is 1. The largest absolute Gasteiger partial charge is 0.504 e. The Morgan fingerprint density at radius 1 is 0.921 bits per heavy atom. The number of phenolic OH excluding ortho intramolecular Hbond substituents is 1. The molecule has 1 amide bonds. The summed E-state index contributed by atoms with van der Waals surface area (Å²) >= 11 is 0. The number of para-hydroxylation sites is 1. The minimum atomic E-state index is -1.01. The van der Waals surface area contributed by atoms with Crippen LogP contribution in [0.25, 0.3) is 21.7 Å². The quantitative estimate of drug-likeness (QED) is 0.257. The van der Waals surface area contributed by atoms with Gasteiger partial charge in [-0.05, 0) is 48.2 Å². The number of aliphatic hydroxyl groups excluding tert-OH is 1. The highest BCUT2D eigenvalue weighted by Crippen LogP contribution is 2.45. The van der Waals surface area contributed by atoms with E-state index in [9.17, 15) is 19.8 Å². The Kier molecular flexibility index (Phi) is 5.61. The monoisotopic (exact) mass is 505 g/mol. The summed E-state index contributed by atoms with van der Waals surface area (Å²) in [5, 5.41) is 23.9. The molecule has 1 aromatic heterocycles. The third-order valence-electron chi connectivity index (χ3n) is 6.73. The van der Waals surface area contributed by atoms with E-state index in [1.54, 1.807) is 43.3 Å². The second-order valence-electron chi connectivity index (χ2n) is 8.98. The van der Waals surface area contributed by atoms with Crippen LogP contribution in [0.5, 0.6) is 11.5 Å². The van der Waals surface area contributed by atoms with Crippen molar-refractivity contribution in [1.29, 1.82) is 0 Å². The smallest absolute Gasteiger partial charge is 0.294 e. The first-order chi connectivity index (χ1) is 18.5. The van der Waals surface area contributed by atoms with Gasteiger partial charge < -0.3 is 19.4 Å². The number of fused-ring (bicyclic) bond motifs is 2. The van der Waals surface area contributed by atoms with Crippen molar-refractivity contribution in [2.24, 2.45) is 0 Å². The lowest BCUT2D eigenvalue weighted by molar-refractivity contribution is -0.117. The summed E-state index contributed by atoms with van der Waals surface area (Å²) in [7, 11) is 0. The summed E-state index contributed by atoms with van der Waals surface area (Å²) in [6.07, 6.45) is 0. The van der Waals surface area contributed by atoms with E-state index >= 15 is 0 Å². The van der Waals surface area contributed by atoms with E-state index in [0.717, 1.165) is 16.2 Å². The van der Waals surface area contributed by atoms with Crippen LogP contribution in [0.2, 0.25) is 0 Å². The summed E-state index contributed by atoms with van der Waals surface area (Å²) in [4.78, 5) is 29.0. The van der Waals surface area contributed by atoms with Crippen LogP contribution in [-0.4, -0.2) is 28.5 Å². The SMILES string of the molecule is CCOc1cc(C2C(C(=O)c3cc4ccccc4o3)=C(O)C(=O)N2c2cccc3ccccc23)ccc1O. The Hall–Kier alpha value is -5.04. The first kappa shape index (κ1) is 23.4. The lowest BCUT2D eigenvalue weighted by Gasteiger charge is -2.28. The van der Waals surface area contributed by atoms with Gasteiger partial charge in [0.15, 0.2) is 23.0 Å². The maximum Gasteiger partial charge on any atom is 0.294 e. The highest BCUT2D eigenvalue weighted by Gasteiger charge is 2.46. The number of rotatable bonds is 6. The van der Waals surface area contributed by atoms with Gasteiger partial charge in [0.25, 0.3) is 5.91 Å². The predicted octanol–water partition coefficient (Wildman–Crippen LogP) is 6.47. The minimum absolute atomic E-state index is 0.00845. The van der Waals surface area contributed by atoms with Crippen LogP contribution >= 0.6 is 0 Å². The van der Waals surface area contributed by atoms with Crippen molar-refractivity contribution in [2.45, 2.75) is 13.0 Å². The van der Waals surface area contributed by atoms with Crippen LogP contribution in [0.1, 0.15) is 29.1 Å². The van der Waals surface area contributed by atoms with Crippen LogP contribution in [0, 0.1) is 0 Å². The number of Topliss-reactive ketones (excluding diaryl/α,β-unsaturated/α-hetero) is 1. The maximum atomic E-state index is 13.9. The highest BCUT2D eigenvalue weighted by molar-refractivity contribution is 6.22. The van der Waals surface area contributed by atoms with Crippen molar-refractivity contribution in [3.63, 3.8) is 0 Å². The number of ketones is 1. The molecule has 1 unspecified atom stereocenters. The van der Waals surface area contributed by atoms with Crippen molar-refractivity contribution in [3.05, 3.63) is 114 Å². The van der Waals surface area contributed by atoms with Crippen LogP contribution in [0.4, 0.5) is 5.69 Å². The normalized spacial score (nSPS) is 15.6. The van der Waals surface area contributed by atoms with Crippen molar-refractivity contribution < 1.29 is 29.0 Å². The molecule has 1 atom stereocenters. The average molecular weight is 506 g/mol. The molecule has 6 rings (SSSR count). The van der Waals surface area contributed by atoms with Gasteiger partial charge in [0.1, 0.15) is 5.58 Å². The molecule has 0 aliphatic carbocycles. The molecule has 5 aromatic rings. The van der Waals surface area contributed by atoms with Crippen LogP contribution < -0.4 is 9.64 Å². The van der Waals surface area contributed by atoms with Gasteiger partial charge >= 0.3 is 0 Å². The van der Waals surface area contributed by atoms with Gasteiger partial charge in [-0.3, -0.25) is 14.5 Å².